The molecule has 5 nitrogen and oxygen atoms in total. The summed E-state index contributed by atoms with van der Waals surface area (Å²) in [5, 5.41) is 0. The number of carbonyl (C=O) groups is 1. The molecule has 26 heavy (non-hydrogen) atoms. The van der Waals surface area contributed by atoms with Crippen LogP contribution in [0.25, 0.3) is 0 Å². The lowest BCUT2D eigenvalue weighted by Gasteiger charge is -2.20. The van der Waals surface area contributed by atoms with Crippen molar-refractivity contribution in [2.75, 3.05) is 13.2 Å². The zero-order valence-corrected chi connectivity index (χ0v) is 17.1. The van der Waals surface area contributed by atoms with Gasteiger partial charge in [-0.3, -0.25) is 0 Å². The normalized spacial score (nSPS) is 36.0. The topological polar surface area (TPSA) is 60.6 Å². The number of fused-ring (bicyclic) bond motifs is 2. The van der Waals surface area contributed by atoms with Crippen molar-refractivity contribution in [3.63, 3.8) is 0 Å². The Hall–Kier alpha value is -0.810. The van der Waals surface area contributed by atoms with E-state index in [0.717, 1.165) is 38.5 Å². The second-order valence-corrected chi connectivity index (χ2v) is 8.07. The molecule has 2 saturated heterocycles. The largest absolute Gasteiger partial charge is 0.508 e. The number of hydrogen-bond acceptors (Lipinski definition) is 5. The van der Waals surface area contributed by atoms with Crippen LogP contribution in [0.1, 0.15) is 79.1 Å². The minimum absolute atomic E-state index is 0.432. The molecule has 4 aliphatic rings. The highest BCUT2D eigenvalue weighted by atomic mass is 16.7. The lowest BCUT2D eigenvalue weighted by Crippen LogP contribution is -2.23. The predicted octanol–water partition coefficient (Wildman–Crippen LogP) is 5.11. The van der Waals surface area contributed by atoms with Crippen molar-refractivity contribution in [3.8, 4) is 0 Å². The highest BCUT2D eigenvalue weighted by Gasteiger charge is 2.45. The van der Waals surface area contributed by atoms with E-state index in [1.165, 1.54) is 12.8 Å². The summed E-state index contributed by atoms with van der Waals surface area (Å²) < 4.78 is 21.4. The van der Waals surface area contributed by atoms with E-state index in [0.29, 0.717) is 49.5 Å². The summed E-state index contributed by atoms with van der Waals surface area (Å²) in [5.41, 5.74) is 0. The third kappa shape index (κ3) is 7.43. The molecule has 0 radical (unpaired) electrons. The van der Waals surface area contributed by atoms with Gasteiger partial charge in [0, 0.05) is 0 Å². The van der Waals surface area contributed by atoms with Gasteiger partial charge in [-0.05, 0) is 50.4 Å². The van der Waals surface area contributed by atoms with Crippen molar-refractivity contribution in [2.24, 2.45) is 11.8 Å². The second kappa shape index (κ2) is 11.1. The molecule has 2 aliphatic heterocycles. The van der Waals surface area contributed by atoms with Gasteiger partial charge in [0.2, 0.25) is 0 Å². The highest BCUT2D eigenvalue weighted by Crippen LogP contribution is 2.40. The van der Waals surface area contributed by atoms with Crippen molar-refractivity contribution < 1.29 is 23.7 Å². The number of rotatable bonds is 4. The van der Waals surface area contributed by atoms with E-state index in [2.05, 4.69) is 27.7 Å². The molecule has 6 unspecified atom stereocenters. The quantitative estimate of drug-likeness (QED) is 0.508. The van der Waals surface area contributed by atoms with Crippen LogP contribution in [-0.2, 0) is 18.9 Å². The summed E-state index contributed by atoms with van der Waals surface area (Å²) in [7, 11) is 0. The van der Waals surface area contributed by atoms with E-state index >= 15 is 0 Å². The molecule has 152 valence electrons. The fraction of sp³-hybridized carbons (Fsp3) is 0.952. The fourth-order valence-corrected chi connectivity index (χ4v) is 3.69. The Labute approximate surface area is 159 Å². The minimum atomic E-state index is -0.511. The molecule has 5 heteroatoms. The Balaban J connectivity index is 0.000000361. The van der Waals surface area contributed by atoms with E-state index < -0.39 is 6.16 Å². The maximum Gasteiger partial charge on any atom is 0.508 e. The summed E-state index contributed by atoms with van der Waals surface area (Å²) >= 11 is 0. The van der Waals surface area contributed by atoms with Crippen molar-refractivity contribution in [2.45, 2.75) is 103 Å². The Morgan fingerprint density at radius 1 is 0.731 bits per heavy atom. The first-order valence-electron chi connectivity index (χ1n) is 10.7. The molecule has 0 aromatic carbocycles. The zero-order chi connectivity index (χ0) is 18.9. The maximum absolute atomic E-state index is 11.6. The van der Waals surface area contributed by atoms with Gasteiger partial charge in [0.05, 0.1) is 37.6 Å². The molecule has 2 heterocycles. The molecule has 2 aliphatic carbocycles. The standard InChI is InChI=1S/C15H22O5.2C3H8/c16-15(17-7-9-1-3-11-13(5-9)19-11)18-8-10-2-4-12-14(6-10)20-12;2*1-3-2/h9-14H,1-8H2;2*3H2,1-2H3. The molecular weight excluding hydrogens is 332 g/mol. The van der Waals surface area contributed by atoms with Gasteiger partial charge >= 0.3 is 6.16 Å². The Bertz CT molecular complexity index is 377. The number of ether oxygens (including phenoxy) is 4. The average molecular weight is 371 g/mol. The lowest BCUT2D eigenvalue weighted by molar-refractivity contribution is 0.0284. The number of epoxide rings is 2. The molecule has 0 aromatic heterocycles. The highest BCUT2D eigenvalue weighted by molar-refractivity contribution is 5.59. The van der Waals surface area contributed by atoms with Gasteiger partial charge in [-0.2, -0.15) is 0 Å². The van der Waals surface area contributed by atoms with Crippen LogP contribution >= 0.6 is 0 Å². The van der Waals surface area contributed by atoms with Crippen LogP contribution in [0.3, 0.4) is 0 Å². The fourth-order valence-electron chi connectivity index (χ4n) is 3.69. The van der Waals surface area contributed by atoms with Crippen LogP contribution in [0.2, 0.25) is 0 Å². The van der Waals surface area contributed by atoms with Gasteiger partial charge in [0.25, 0.3) is 0 Å². The number of hydrogen-bond donors (Lipinski definition) is 0. The van der Waals surface area contributed by atoms with Crippen LogP contribution in [0, 0.1) is 11.8 Å². The molecule has 2 saturated carbocycles. The van der Waals surface area contributed by atoms with Gasteiger partial charge in [-0.1, -0.05) is 40.5 Å². The molecule has 0 aromatic rings. The SMILES string of the molecule is CCC.CCC.O=C(OCC1CCC2OC2C1)OCC1CCC2OC2C1. The third-order valence-electron chi connectivity index (χ3n) is 5.10. The van der Waals surface area contributed by atoms with Gasteiger partial charge in [-0.25, -0.2) is 4.79 Å². The van der Waals surface area contributed by atoms with Crippen molar-refractivity contribution in [1.29, 1.82) is 0 Å². The summed E-state index contributed by atoms with van der Waals surface area (Å²) in [6, 6.07) is 0. The van der Waals surface area contributed by atoms with Crippen molar-refractivity contribution in [1.82, 2.24) is 0 Å². The smallest absolute Gasteiger partial charge is 0.434 e. The van der Waals surface area contributed by atoms with Gasteiger partial charge in [0.15, 0.2) is 0 Å². The summed E-state index contributed by atoms with van der Waals surface area (Å²) in [4.78, 5) is 11.6. The molecule has 0 N–H and O–H groups in total. The molecule has 4 rings (SSSR count). The van der Waals surface area contributed by atoms with E-state index in [-0.39, 0.29) is 0 Å². The summed E-state index contributed by atoms with van der Waals surface area (Å²) in [6.45, 7) is 9.45. The summed E-state index contributed by atoms with van der Waals surface area (Å²) in [6.07, 6.45) is 10.3. The third-order valence-corrected chi connectivity index (χ3v) is 5.10. The Morgan fingerprint density at radius 3 is 1.46 bits per heavy atom. The molecule has 0 amide bonds. The monoisotopic (exact) mass is 370 g/mol. The molecular formula is C21H38O5. The zero-order valence-electron chi connectivity index (χ0n) is 17.1. The first-order chi connectivity index (χ1) is 12.6. The van der Waals surface area contributed by atoms with E-state index in [1.54, 1.807) is 0 Å². The molecule has 6 atom stereocenters. The predicted molar refractivity (Wildman–Crippen MR) is 101 cm³/mol. The van der Waals surface area contributed by atoms with Crippen LogP contribution in [0.15, 0.2) is 0 Å². The van der Waals surface area contributed by atoms with E-state index in [1.807, 2.05) is 0 Å². The molecule has 4 fully saturated rings. The average Bonchev–Trinajstić information content (AvgIpc) is 3.53. The van der Waals surface area contributed by atoms with Crippen LogP contribution < -0.4 is 0 Å². The van der Waals surface area contributed by atoms with Gasteiger partial charge in [-0.15, -0.1) is 0 Å². The van der Waals surface area contributed by atoms with E-state index in [4.69, 9.17) is 18.9 Å². The van der Waals surface area contributed by atoms with E-state index in [9.17, 15) is 4.79 Å². The Morgan fingerprint density at radius 2 is 1.12 bits per heavy atom. The van der Waals surface area contributed by atoms with Gasteiger partial charge < -0.3 is 18.9 Å². The second-order valence-electron chi connectivity index (χ2n) is 8.07. The van der Waals surface area contributed by atoms with Crippen LogP contribution in [0.5, 0.6) is 0 Å². The van der Waals surface area contributed by atoms with Gasteiger partial charge in [0.1, 0.15) is 0 Å². The molecule has 0 spiro atoms. The summed E-state index contributed by atoms with van der Waals surface area (Å²) in [5.74, 6) is 0.892. The van der Waals surface area contributed by atoms with Crippen LogP contribution in [0.4, 0.5) is 4.79 Å². The minimum Gasteiger partial charge on any atom is -0.434 e. The Kier molecular flexibility index (Phi) is 9.20. The maximum atomic E-state index is 11.6. The lowest BCUT2D eigenvalue weighted by atomic mass is 9.90. The van der Waals surface area contributed by atoms with Crippen molar-refractivity contribution in [3.05, 3.63) is 0 Å². The van der Waals surface area contributed by atoms with Crippen LogP contribution in [-0.4, -0.2) is 43.8 Å². The first-order valence-corrected chi connectivity index (χ1v) is 10.7. The number of carbonyl (C=O) groups excluding carboxylic acids is 1. The molecule has 0 bridgehead atoms. The first kappa shape index (κ1) is 21.5. The van der Waals surface area contributed by atoms with Crippen molar-refractivity contribution >= 4 is 6.16 Å².